The van der Waals surface area contributed by atoms with Gasteiger partial charge in [-0.2, -0.15) is 0 Å². The van der Waals surface area contributed by atoms with E-state index in [2.05, 4.69) is 12.1 Å². The molecule has 2 amide bonds. The average Bonchev–Trinajstić information content (AvgIpc) is 3.30. The molecule has 3 aromatic rings. The first-order chi connectivity index (χ1) is 15.1. The van der Waals surface area contributed by atoms with Gasteiger partial charge in [0.25, 0.3) is 5.91 Å². The zero-order valence-corrected chi connectivity index (χ0v) is 18.1. The van der Waals surface area contributed by atoms with E-state index < -0.39 is 0 Å². The summed E-state index contributed by atoms with van der Waals surface area (Å²) in [5.41, 5.74) is 2.01. The first kappa shape index (κ1) is 21.2. The minimum atomic E-state index is -0.158. The van der Waals surface area contributed by atoms with Crippen molar-refractivity contribution in [3.8, 4) is 11.3 Å². The quantitative estimate of drug-likeness (QED) is 0.551. The van der Waals surface area contributed by atoms with Crippen molar-refractivity contribution in [2.45, 2.75) is 19.3 Å². The van der Waals surface area contributed by atoms with Gasteiger partial charge in [-0.25, -0.2) is 0 Å². The number of halogens is 1. The third-order valence-electron chi connectivity index (χ3n) is 5.57. The second-order valence-corrected chi connectivity index (χ2v) is 8.06. The Bertz CT molecular complexity index is 1040. The minimum Gasteiger partial charge on any atom is -0.451 e. The molecule has 6 heteroatoms. The Kier molecular flexibility index (Phi) is 6.73. The number of carbonyl (C=O) groups excluding carboxylic acids is 2. The van der Waals surface area contributed by atoms with Crippen molar-refractivity contribution in [1.82, 2.24) is 9.80 Å². The molecule has 0 atom stereocenters. The molecular weight excluding hydrogens is 412 g/mol. The van der Waals surface area contributed by atoms with E-state index in [9.17, 15) is 9.59 Å². The molecule has 31 heavy (non-hydrogen) atoms. The number of hydrogen-bond acceptors (Lipinski definition) is 3. The number of benzene rings is 2. The van der Waals surface area contributed by atoms with Crippen LogP contribution in [0.4, 0.5) is 0 Å². The predicted octanol–water partition coefficient (Wildman–Crippen LogP) is 4.91. The zero-order valence-electron chi connectivity index (χ0n) is 17.3. The second kappa shape index (κ2) is 9.84. The Morgan fingerprint density at radius 1 is 0.839 bits per heavy atom. The SMILES string of the molecule is O=C(CCCc1ccccc1)N1CCN(C(=O)c2ccc(-c3ccccc3Cl)o2)CC1. The molecule has 0 N–H and O–H groups in total. The molecule has 0 aliphatic carbocycles. The first-order valence-corrected chi connectivity index (χ1v) is 11.0. The smallest absolute Gasteiger partial charge is 0.289 e. The highest BCUT2D eigenvalue weighted by atomic mass is 35.5. The highest BCUT2D eigenvalue weighted by Gasteiger charge is 2.26. The molecule has 0 saturated carbocycles. The fraction of sp³-hybridized carbons (Fsp3) is 0.280. The molecule has 1 saturated heterocycles. The number of carbonyl (C=O) groups is 2. The summed E-state index contributed by atoms with van der Waals surface area (Å²) in [4.78, 5) is 28.9. The van der Waals surface area contributed by atoms with Crippen LogP contribution in [-0.4, -0.2) is 47.8 Å². The van der Waals surface area contributed by atoms with Crippen molar-refractivity contribution in [3.63, 3.8) is 0 Å². The summed E-state index contributed by atoms with van der Waals surface area (Å²) in [5, 5.41) is 0.579. The van der Waals surface area contributed by atoms with Gasteiger partial charge >= 0.3 is 0 Å². The summed E-state index contributed by atoms with van der Waals surface area (Å²) in [6.45, 7) is 2.11. The van der Waals surface area contributed by atoms with E-state index in [0.29, 0.717) is 43.4 Å². The molecule has 160 valence electrons. The molecule has 4 rings (SSSR count). The van der Waals surface area contributed by atoms with Crippen molar-refractivity contribution < 1.29 is 14.0 Å². The van der Waals surface area contributed by atoms with Gasteiger partial charge in [0.15, 0.2) is 5.76 Å². The summed E-state index contributed by atoms with van der Waals surface area (Å²) < 4.78 is 5.78. The van der Waals surface area contributed by atoms with Crippen LogP contribution in [0.2, 0.25) is 5.02 Å². The number of aryl methyl sites for hydroxylation is 1. The van der Waals surface area contributed by atoms with Gasteiger partial charge in [0, 0.05) is 38.2 Å². The molecule has 5 nitrogen and oxygen atoms in total. The fourth-order valence-corrected chi connectivity index (χ4v) is 4.05. The molecular formula is C25H25ClN2O3. The maximum absolute atomic E-state index is 12.8. The molecule has 1 aliphatic rings. The summed E-state index contributed by atoms with van der Waals surface area (Å²) in [6, 6.07) is 21.0. The van der Waals surface area contributed by atoms with Gasteiger partial charge in [-0.1, -0.05) is 54.1 Å². The Labute approximate surface area is 187 Å². The van der Waals surface area contributed by atoms with E-state index in [-0.39, 0.29) is 17.6 Å². The highest BCUT2D eigenvalue weighted by molar-refractivity contribution is 6.33. The maximum Gasteiger partial charge on any atom is 0.289 e. The summed E-state index contributed by atoms with van der Waals surface area (Å²) in [6.07, 6.45) is 2.26. The lowest BCUT2D eigenvalue weighted by Gasteiger charge is -2.34. The lowest BCUT2D eigenvalue weighted by atomic mass is 10.1. The summed E-state index contributed by atoms with van der Waals surface area (Å²) >= 11 is 6.22. The molecule has 0 spiro atoms. The number of nitrogens with zero attached hydrogens (tertiary/aromatic N) is 2. The molecule has 2 aromatic carbocycles. The van der Waals surface area contributed by atoms with Gasteiger partial charge in [0.1, 0.15) is 5.76 Å². The number of furan rings is 1. The Morgan fingerprint density at radius 3 is 2.26 bits per heavy atom. The van der Waals surface area contributed by atoms with E-state index in [1.165, 1.54) is 5.56 Å². The second-order valence-electron chi connectivity index (χ2n) is 7.66. The average molecular weight is 437 g/mol. The molecule has 1 fully saturated rings. The molecule has 1 aliphatic heterocycles. The van der Waals surface area contributed by atoms with E-state index in [4.69, 9.17) is 16.0 Å². The number of rotatable bonds is 6. The van der Waals surface area contributed by atoms with E-state index >= 15 is 0 Å². The van der Waals surface area contributed by atoms with Gasteiger partial charge < -0.3 is 14.2 Å². The number of piperazine rings is 1. The van der Waals surface area contributed by atoms with Crippen molar-refractivity contribution in [2.24, 2.45) is 0 Å². The van der Waals surface area contributed by atoms with Crippen molar-refractivity contribution in [3.05, 3.63) is 83.1 Å². The van der Waals surface area contributed by atoms with Crippen LogP contribution in [0.15, 0.2) is 71.1 Å². The van der Waals surface area contributed by atoms with Crippen LogP contribution in [0.25, 0.3) is 11.3 Å². The molecule has 0 radical (unpaired) electrons. The van der Waals surface area contributed by atoms with Crippen LogP contribution in [0.1, 0.15) is 29.0 Å². The minimum absolute atomic E-state index is 0.155. The highest BCUT2D eigenvalue weighted by Crippen LogP contribution is 2.29. The lowest BCUT2D eigenvalue weighted by molar-refractivity contribution is -0.132. The summed E-state index contributed by atoms with van der Waals surface area (Å²) in [7, 11) is 0. The van der Waals surface area contributed by atoms with Gasteiger partial charge in [-0.05, 0) is 42.7 Å². The van der Waals surface area contributed by atoms with Crippen LogP contribution >= 0.6 is 11.6 Å². The van der Waals surface area contributed by atoms with Crippen LogP contribution < -0.4 is 0 Å². The largest absolute Gasteiger partial charge is 0.451 e. The van der Waals surface area contributed by atoms with E-state index in [1.807, 2.05) is 41.3 Å². The molecule has 1 aromatic heterocycles. The summed E-state index contributed by atoms with van der Waals surface area (Å²) in [5.74, 6) is 0.857. The van der Waals surface area contributed by atoms with Crippen LogP contribution in [-0.2, 0) is 11.2 Å². The van der Waals surface area contributed by atoms with Gasteiger partial charge in [0.2, 0.25) is 5.91 Å². The van der Waals surface area contributed by atoms with Crippen molar-refractivity contribution in [2.75, 3.05) is 26.2 Å². The lowest BCUT2D eigenvalue weighted by Crippen LogP contribution is -2.50. The van der Waals surface area contributed by atoms with Gasteiger partial charge in [0.05, 0.1) is 5.02 Å². The Balaban J connectivity index is 1.27. The van der Waals surface area contributed by atoms with Crippen LogP contribution in [0.3, 0.4) is 0 Å². The van der Waals surface area contributed by atoms with Crippen molar-refractivity contribution >= 4 is 23.4 Å². The van der Waals surface area contributed by atoms with Crippen LogP contribution in [0, 0.1) is 0 Å². The standard InChI is InChI=1S/C25H25ClN2O3/c26-21-11-5-4-10-20(21)22-13-14-23(31-22)25(30)28-17-15-27(16-18-28)24(29)12-6-9-19-7-2-1-3-8-19/h1-5,7-8,10-11,13-14H,6,9,12,15-18H2. The topological polar surface area (TPSA) is 53.8 Å². The fourth-order valence-electron chi connectivity index (χ4n) is 3.82. The molecule has 0 unspecified atom stereocenters. The van der Waals surface area contributed by atoms with Gasteiger partial charge in [-0.3, -0.25) is 9.59 Å². The van der Waals surface area contributed by atoms with Crippen molar-refractivity contribution in [1.29, 1.82) is 0 Å². The maximum atomic E-state index is 12.8. The Hall–Kier alpha value is -3.05. The zero-order chi connectivity index (χ0) is 21.6. The number of amides is 2. The van der Waals surface area contributed by atoms with E-state index in [1.54, 1.807) is 23.1 Å². The normalized spacial score (nSPS) is 14.0. The van der Waals surface area contributed by atoms with E-state index in [0.717, 1.165) is 18.4 Å². The third kappa shape index (κ3) is 5.17. The van der Waals surface area contributed by atoms with Crippen LogP contribution in [0.5, 0.6) is 0 Å². The number of hydrogen-bond donors (Lipinski definition) is 0. The third-order valence-corrected chi connectivity index (χ3v) is 5.90. The van der Waals surface area contributed by atoms with Gasteiger partial charge in [-0.15, -0.1) is 0 Å². The first-order valence-electron chi connectivity index (χ1n) is 10.6. The molecule has 2 heterocycles. The monoisotopic (exact) mass is 436 g/mol. The predicted molar refractivity (Wildman–Crippen MR) is 121 cm³/mol. The Morgan fingerprint density at radius 2 is 1.52 bits per heavy atom. The molecule has 0 bridgehead atoms.